The summed E-state index contributed by atoms with van der Waals surface area (Å²) in [6, 6.07) is 0. The molecule has 0 spiro atoms. The third kappa shape index (κ3) is 16.1. The van der Waals surface area contributed by atoms with E-state index in [0.717, 1.165) is 32.1 Å². The van der Waals surface area contributed by atoms with Crippen LogP contribution >= 0.6 is 0 Å². The van der Waals surface area contributed by atoms with E-state index in [4.69, 9.17) is 5.11 Å². The van der Waals surface area contributed by atoms with E-state index in [-0.39, 0.29) is 6.61 Å². The second kappa shape index (κ2) is 15.9. The highest BCUT2D eigenvalue weighted by Gasteiger charge is 1.94. The van der Waals surface area contributed by atoms with Gasteiger partial charge in [0.1, 0.15) is 0 Å². The van der Waals surface area contributed by atoms with Crippen molar-refractivity contribution in [1.82, 2.24) is 0 Å². The normalized spacial score (nSPS) is 14.0. The zero-order valence-electron chi connectivity index (χ0n) is 18.2. The van der Waals surface area contributed by atoms with Gasteiger partial charge >= 0.3 is 0 Å². The van der Waals surface area contributed by atoms with E-state index in [1.165, 1.54) is 47.1 Å². The Morgan fingerprint density at radius 1 is 0.500 bits per heavy atom. The van der Waals surface area contributed by atoms with Gasteiger partial charge < -0.3 is 5.11 Å². The zero-order valence-corrected chi connectivity index (χ0v) is 18.2. The highest BCUT2D eigenvalue weighted by molar-refractivity contribution is 5.08. The molecule has 26 heavy (non-hydrogen) atoms. The van der Waals surface area contributed by atoms with Crippen molar-refractivity contribution in [3.05, 3.63) is 58.2 Å². The lowest BCUT2D eigenvalue weighted by molar-refractivity contribution is 0.341. The Hall–Kier alpha value is -1.34. The minimum absolute atomic E-state index is 0.156. The predicted molar refractivity (Wildman–Crippen MR) is 118 cm³/mol. The van der Waals surface area contributed by atoms with E-state index >= 15 is 0 Å². The Balaban J connectivity index is 4.03. The van der Waals surface area contributed by atoms with Crippen LogP contribution in [0.15, 0.2) is 58.2 Å². The predicted octanol–water partition coefficient (Wildman–Crippen LogP) is 7.85. The lowest BCUT2D eigenvalue weighted by Gasteiger charge is -2.03. The molecule has 0 unspecified atom stereocenters. The van der Waals surface area contributed by atoms with Crippen LogP contribution < -0.4 is 0 Å². The van der Waals surface area contributed by atoms with E-state index in [1.807, 2.05) is 6.08 Å². The first-order chi connectivity index (χ1) is 12.3. The van der Waals surface area contributed by atoms with Crippen molar-refractivity contribution in [2.45, 2.75) is 92.9 Å². The first kappa shape index (κ1) is 24.7. The monoisotopic (exact) mass is 358 g/mol. The molecule has 1 nitrogen and oxygen atoms in total. The van der Waals surface area contributed by atoms with Crippen molar-refractivity contribution in [1.29, 1.82) is 0 Å². The maximum atomic E-state index is 8.86. The van der Waals surface area contributed by atoms with E-state index in [1.54, 1.807) is 0 Å². The Kier molecular flexibility index (Phi) is 15.1. The summed E-state index contributed by atoms with van der Waals surface area (Å²) in [7, 11) is 0. The van der Waals surface area contributed by atoms with Gasteiger partial charge in [-0.05, 0) is 92.9 Å². The Morgan fingerprint density at radius 3 is 1.12 bits per heavy atom. The molecular formula is C25H42O. The molecule has 1 N–H and O–H groups in total. The first-order valence-corrected chi connectivity index (χ1v) is 10.2. The van der Waals surface area contributed by atoms with Gasteiger partial charge in [0.2, 0.25) is 0 Å². The van der Waals surface area contributed by atoms with Crippen LogP contribution in [0.3, 0.4) is 0 Å². The van der Waals surface area contributed by atoms with Crippen LogP contribution in [0, 0.1) is 0 Å². The minimum atomic E-state index is 0.156. The smallest absolute Gasteiger partial charge is 0.0614 e. The van der Waals surface area contributed by atoms with Crippen LogP contribution in [0.4, 0.5) is 0 Å². The van der Waals surface area contributed by atoms with Gasteiger partial charge in [-0.2, -0.15) is 0 Å². The van der Waals surface area contributed by atoms with E-state index < -0.39 is 0 Å². The van der Waals surface area contributed by atoms with Gasteiger partial charge in [-0.1, -0.05) is 58.2 Å². The van der Waals surface area contributed by atoms with Crippen molar-refractivity contribution in [2.24, 2.45) is 0 Å². The van der Waals surface area contributed by atoms with E-state index in [2.05, 4.69) is 65.8 Å². The average Bonchev–Trinajstić information content (AvgIpc) is 2.54. The number of hydrogen-bond acceptors (Lipinski definition) is 1. The largest absolute Gasteiger partial charge is 0.392 e. The highest BCUT2D eigenvalue weighted by Crippen LogP contribution is 2.14. The molecule has 0 heterocycles. The van der Waals surface area contributed by atoms with Gasteiger partial charge in [0.05, 0.1) is 6.61 Å². The van der Waals surface area contributed by atoms with Gasteiger partial charge in [0.25, 0.3) is 0 Å². The second-order valence-corrected chi connectivity index (χ2v) is 7.82. The molecule has 0 aliphatic carbocycles. The van der Waals surface area contributed by atoms with Gasteiger partial charge in [-0.15, -0.1) is 0 Å². The Morgan fingerprint density at radius 2 is 0.808 bits per heavy atom. The van der Waals surface area contributed by atoms with Gasteiger partial charge in [0, 0.05) is 0 Å². The summed E-state index contributed by atoms with van der Waals surface area (Å²) in [4.78, 5) is 0. The Labute approximate surface area is 163 Å². The van der Waals surface area contributed by atoms with Crippen molar-refractivity contribution in [2.75, 3.05) is 6.61 Å². The van der Waals surface area contributed by atoms with E-state index in [0.29, 0.717) is 0 Å². The fourth-order valence-electron chi connectivity index (χ4n) is 2.79. The molecule has 0 radical (unpaired) electrons. The van der Waals surface area contributed by atoms with Gasteiger partial charge in [0.15, 0.2) is 0 Å². The SMILES string of the molecule is CC(C)=CCC/C(C)=C/CC/C(C)=C/CC/C(C)=C\CC/C(C)=C\CO. The first-order valence-electron chi connectivity index (χ1n) is 10.2. The summed E-state index contributed by atoms with van der Waals surface area (Å²) in [5.74, 6) is 0. The lowest BCUT2D eigenvalue weighted by Crippen LogP contribution is -1.83. The summed E-state index contributed by atoms with van der Waals surface area (Å²) >= 11 is 0. The number of hydrogen-bond donors (Lipinski definition) is 1. The van der Waals surface area contributed by atoms with Gasteiger partial charge in [-0.25, -0.2) is 0 Å². The molecule has 0 bridgehead atoms. The highest BCUT2D eigenvalue weighted by atomic mass is 16.2. The van der Waals surface area contributed by atoms with Crippen LogP contribution in [-0.2, 0) is 0 Å². The summed E-state index contributed by atoms with van der Waals surface area (Å²) in [6.45, 7) is 13.3. The minimum Gasteiger partial charge on any atom is -0.392 e. The quantitative estimate of drug-likeness (QED) is 0.332. The molecule has 1 heteroatoms. The molecule has 0 saturated heterocycles. The molecule has 0 aromatic heterocycles. The number of aliphatic hydroxyl groups excluding tert-OH is 1. The summed E-state index contributed by atoms with van der Waals surface area (Å²) < 4.78 is 0. The summed E-state index contributed by atoms with van der Waals surface area (Å²) in [5, 5.41) is 8.86. The fourth-order valence-corrected chi connectivity index (χ4v) is 2.79. The number of allylic oxidation sites excluding steroid dienone is 9. The molecule has 0 fully saturated rings. The molecule has 0 rings (SSSR count). The van der Waals surface area contributed by atoms with Crippen LogP contribution in [0.25, 0.3) is 0 Å². The molecule has 0 amide bonds. The zero-order chi connectivity index (χ0) is 19.8. The van der Waals surface area contributed by atoms with Crippen LogP contribution in [0.5, 0.6) is 0 Å². The molecule has 0 aliphatic rings. The molecule has 0 atom stereocenters. The van der Waals surface area contributed by atoms with Crippen LogP contribution in [0.2, 0.25) is 0 Å². The topological polar surface area (TPSA) is 20.2 Å². The third-order valence-corrected chi connectivity index (χ3v) is 4.63. The molecule has 148 valence electrons. The standard InChI is InChI=1S/C25H42O/c1-21(2)11-7-12-22(3)13-8-14-23(4)15-9-16-24(5)17-10-18-25(6)19-20-26/h11,13,15,17,19,26H,7-10,12,14,16,18,20H2,1-6H3/b22-13+,23-15+,24-17-,25-19-. The van der Waals surface area contributed by atoms with Crippen LogP contribution in [0.1, 0.15) is 92.9 Å². The van der Waals surface area contributed by atoms with E-state index in [9.17, 15) is 0 Å². The summed E-state index contributed by atoms with van der Waals surface area (Å²) in [5.41, 5.74) is 7.18. The van der Waals surface area contributed by atoms with Crippen molar-refractivity contribution in [3.63, 3.8) is 0 Å². The second-order valence-electron chi connectivity index (χ2n) is 7.82. The van der Waals surface area contributed by atoms with Gasteiger partial charge in [-0.3, -0.25) is 0 Å². The lowest BCUT2D eigenvalue weighted by atomic mass is 10.0. The molecular weight excluding hydrogens is 316 g/mol. The number of rotatable bonds is 13. The maximum absolute atomic E-state index is 8.86. The Bertz CT molecular complexity index is 522. The fraction of sp³-hybridized carbons (Fsp3) is 0.600. The van der Waals surface area contributed by atoms with Crippen molar-refractivity contribution in [3.8, 4) is 0 Å². The van der Waals surface area contributed by atoms with Crippen LogP contribution in [-0.4, -0.2) is 11.7 Å². The summed E-state index contributed by atoms with van der Waals surface area (Å²) in [6.07, 6.45) is 20.5. The molecule has 0 aliphatic heterocycles. The third-order valence-electron chi connectivity index (χ3n) is 4.63. The maximum Gasteiger partial charge on any atom is 0.0614 e. The van der Waals surface area contributed by atoms with Crippen molar-refractivity contribution < 1.29 is 5.11 Å². The number of aliphatic hydroxyl groups is 1. The molecule has 0 aromatic rings. The van der Waals surface area contributed by atoms with Crippen molar-refractivity contribution >= 4 is 0 Å². The molecule has 0 saturated carbocycles. The molecule has 0 aromatic carbocycles. The average molecular weight is 359 g/mol.